The fourth-order valence-corrected chi connectivity index (χ4v) is 2.98. The summed E-state index contributed by atoms with van der Waals surface area (Å²) in [6.45, 7) is 2.42. The second kappa shape index (κ2) is 9.10. The predicted octanol–water partition coefficient (Wildman–Crippen LogP) is 4.84. The van der Waals surface area contributed by atoms with Crippen molar-refractivity contribution < 1.29 is 18.8 Å². The lowest BCUT2D eigenvalue weighted by molar-refractivity contribution is -0.575. The third-order valence-corrected chi connectivity index (χ3v) is 4.26. The zero-order valence-electron chi connectivity index (χ0n) is 15.3. The van der Waals surface area contributed by atoms with Crippen LogP contribution in [-0.2, 0) is 0 Å². The van der Waals surface area contributed by atoms with Crippen LogP contribution in [0.1, 0.15) is 12.5 Å². The number of pyridine rings is 1. The molecule has 0 aliphatic heterocycles. The number of aliphatic hydroxyl groups excluding tert-OH is 1. The molecule has 2 N–H and O–H groups in total. The number of thiocarbonyl (C=S) groups is 1. The largest absolute Gasteiger partial charge is 0.502 e. The number of rotatable bonds is 6. The molecule has 0 aliphatic rings. The van der Waals surface area contributed by atoms with Gasteiger partial charge in [-0.05, 0) is 43.3 Å². The zero-order valence-corrected chi connectivity index (χ0v) is 16.1. The van der Waals surface area contributed by atoms with Crippen molar-refractivity contribution in [1.29, 1.82) is 0 Å². The van der Waals surface area contributed by atoms with E-state index in [4.69, 9.17) is 17.0 Å². The van der Waals surface area contributed by atoms with Crippen molar-refractivity contribution in [3.05, 3.63) is 90.5 Å². The van der Waals surface area contributed by atoms with E-state index in [1.807, 2.05) is 49.4 Å². The summed E-state index contributed by atoms with van der Waals surface area (Å²) in [5.41, 5.74) is 1.51. The lowest BCUT2D eigenvalue weighted by atomic mass is 10.1. The third-order valence-electron chi connectivity index (χ3n) is 3.97. The minimum Gasteiger partial charge on any atom is -0.502 e. The molecule has 0 saturated carbocycles. The number of aliphatic hydroxyl groups is 1. The molecule has 4 nitrogen and oxygen atoms in total. The van der Waals surface area contributed by atoms with Crippen LogP contribution in [0.4, 0.5) is 10.1 Å². The first kappa shape index (κ1) is 19.5. The number of hydrogen-bond acceptors (Lipinski definition) is 3. The van der Waals surface area contributed by atoms with Crippen molar-refractivity contribution in [2.45, 2.75) is 6.92 Å². The highest BCUT2D eigenvalue weighted by molar-refractivity contribution is 7.81. The van der Waals surface area contributed by atoms with E-state index in [0.29, 0.717) is 34.3 Å². The molecule has 1 heterocycles. The van der Waals surface area contributed by atoms with Gasteiger partial charge in [0.15, 0.2) is 23.1 Å². The molecule has 0 saturated heterocycles. The van der Waals surface area contributed by atoms with Gasteiger partial charge in [-0.1, -0.05) is 30.4 Å². The number of para-hydroxylation sites is 2. The van der Waals surface area contributed by atoms with E-state index in [0.717, 1.165) is 0 Å². The van der Waals surface area contributed by atoms with Crippen LogP contribution >= 0.6 is 12.2 Å². The molecule has 0 fully saturated rings. The minimum absolute atomic E-state index is 0.0670. The van der Waals surface area contributed by atoms with Crippen LogP contribution in [-0.4, -0.2) is 16.7 Å². The highest BCUT2D eigenvalue weighted by Gasteiger charge is 2.24. The number of benzene rings is 2. The first-order valence-electron chi connectivity index (χ1n) is 8.79. The zero-order chi connectivity index (χ0) is 19.9. The SMILES string of the molecule is CCOc1ccccc1NC(=S)C(=C(O)c1ccc(F)cc1)[n+]1ccccc1. The summed E-state index contributed by atoms with van der Waals surface area (Å²) in [6.07, 6.45) is 3.55. The van der Waals surface area contributed by atoms with Crippen LogP contribution in [0, 0.1) is 5.82 Å². The molecular formula is C22H20FN2O2S+. The summed E-state index contributed by atoms with van der Waals surface area (Å²) in [4.78, 5) is 0.296. The van der Waals surface area contributed by atoms with Crippen molar-refractivity contribution in [2.75, 3.05) is 11.9 Å². The molecule has 2 aromatic carbocycles. The summed E-state index contributed by atoms with van der Waals surface area (Å²) in [7, 11) is 0. The van der Waals surface area contributed by atoms with Gasteiger partial charge in [-0.25, -0.2) is 4.39 Å². The van der Waals surface area contributed by atoms with Crippen molar-refractivity contribution in [3.63, 3.8) is 0 Å². The molecule has 0 aliphatic carbocycles. The van der Waals surface area contributed by atoms with Crippen LogP contribution in [0.25, 0.3) is 11.5 Å². The first-order valence-corrected chi connectivity index (χ1v) is 9.20. The number of nitrogens with zero attached hydrogens (tertiary/aromatic N) is 1. The molecule has 3 rings (SSSR count). The first-order chi connectivity index (χ1) is 13.6. The van der Waals surface area contributed by atoms with E-state index in [2.05, 4.69) is 5.32 Å². The van der Waals surface area contributed by atoms with Crippen LogP contribution in [0.3, 0.4) is 0 Å². The van der Waals surface area contributed by atoms with E-state index in [1.165, 1.54) is 24.3 Å². The lowest BCUT2D eigenvalue weighted by Crippen LogP contribution is -2.38. The number of ether oxygens (including phenoxy) is 1. The summed E-state index contributed by atoms with van der Waals surface area (Å²) in [6, 6.07) is 18.5. The van der Waals surface area contributed by atoms with Crippen LogP contribution < -0.4 is 14.6 Å². The smallest absolute Gasteiger partial charge is 0.288 e. The van der Waals surface area contributed by atoms with Gasteiger partial charge < -0.3 is 15.2 Å². The van der Waals surface area contributed by atoms with Gasteiger partial charge in [0.2, 0.25) is 0 Å². The quantitative estimate of drug-likeness (QED) is 0.271. The minimum atomic E-state index is -0.378. The maximum absolute atomic E-state index is 13.3. The van der Waals surface area contributed by atoms with E-state index in [9.17, 15) is 9.50 Å². The molecular weight excluding hydrogens is 375 g/mol. The van der Waals surface area contributed by atoms with Crippen molar-refractivity contribution in [3.8, 4) is 5.75 Å². The lowest BCUT2D eigenvalue weighted by Gasteiger charge is -2.13. The molecule has 1 aromatic heterocycles. The van der Waals surface area contributed by atoms with Gasteiger partial charge in [-0.2, -0.15) is 4.57 Å². The fourth-order valence-electron chi connectivity index (χ4n) is 2.67. The van der Waals surface area contributed by atoms with Crippen molar-refractivity contribution >= 4 is 34.3 Å². The monoisotopic (exact) mass is 395 g/mol. The van der Waals surface area contributed by atoms with Gasteiger partial charge >= 0.3 is 0 Å². The maximum atomic E-state index is 13.3. The molecule has 0 unspecified atom stereocenters. The Labute approximate surface area is 168 Å². The summed E-state index contributed by atoms with van der Waals surface area (Å²) in [5.74, 6) is 0.213. The Bertz CT molecular complexity index is 989. The van der Waals surface area contributed by atoms with Gasteiger partial charge in [0.1, 0.15) is 11.6 Å². The van der Waals surface area contributed by atoms with Crippen molar-refractivity contribution in [1.82, 2.24) is 0 Å². The number of hydrogen-bond donors (Lipinski definition) is 2. The van der Waals surface area contributed by atoms with Gasteiger partial charge in [0.05, 0.1) is 12.3 Å². The molecule has 0 bridgehead atoms. The normalized spacial score (nSPS) is 11.5. The molecule has 28 heavy (non-hydrogen) atoms. The van der Waals surface area contributed by atoms with E-state index >= 15 is 0 Å². The molecule has 142 valence electrons. The van der Waals surface area contributed by atoms with Crippen molar-refractivity contribution in [2.24, 2.45) is 0 Å². The van der Waals surface area contributed by atoms with Crippen LogP contribution in [0.5, 0.6) is 5.75 Å². The molecule has 0 amide bonds. The number of anilines is 1. The second-order valence-corrected chi connectivity index (χ2v) is 6.28. The summed E-state index contributed by atoms with van der Waals surface area (Å²) < 4.78 is 20.6. The Morgan fingerprint density at radius 2 is 1.71 bits per heavy atom. The summed E-state index contributed by atoms with van der Waals surface area (Å²) in [5, 5.41) is 14.1. The van der Waals surface area contributed by atoms with Crippen LogP contribution in [0.2, 0.25) is 0 Å². The van der Waals surface area contributed by atoms with Gasteiger partial charge in [-0.15, -0.1) is 0 Å². The van der Waals surface area contributed by atoms with Gasteiger partial charge in [0.25, 0.3) is 5.70 Å². The van der Waals surface area contributed by atoms with E-state index in [1.54, 1.807) is 17.0 Å². The maximum Gasteiger partial charge on any atom is 0.288 e. The highest BCUT2D eigenvalue weighted by Crippen LogP contribution is 2.26. The number of halogens is 1. The Hall–Kier alpha value is -3.25. The third kappa shape index (κ3) is 4.53. The number of nitrogens with one attached hydrogen (secondary N) is 1. The second-order valence-electron chi connectivity index (χ2n) is 5.87. The Balaban J connectivity index is 2.04. The Morgan fingerprint density at radius 3 is 2.39 bits per heavy atom. The van der Waals surface area contributed by atoms with E-state index in [-0.39, 0.29) is 11.6 Å². The summed E-state index contributed by atoms with van der Waals surface area (Å²) >= 11 is 5.61. The Morgan fingerprint density at radius 1 is 1.04 bits per heavy atom. The number of aromatic nitrogens is 1. The molecule has 0 atom stereocenters. The molecule has 3 aromatic rings. The Kier molecular flexibility index (Phi) is 6.34. The van der Waals surface area contributed by atoms with Gasteiger partial charge in [-0.3, -0.25) is 0 Å². The van der Waals surface area contributed by atoms with E-state index < -0.39 is 0 Å². The molecule has 0 spiro atoms. The average Bonchev–Trinajstić information content (AvgIpc) is 2.71. The standard InChI is InChI=1S/C22H19FN2O2S/c1-2-27-19-9-5-4-8-18(19)24-22(28)20(25-14-6-3-7-15-25)21(26)16-10-12-17(23)13-11-16/h3-15H,2H2,1H3,(H-,24,26,28)/p+1. The molecule has 6 heteroatoms. The molecule has 0 radical (unpaired) electrons. The predicted molar refractivity (Wildman–Crippen MR) is 113 cm³/mol. The average molecular weight is 395 g/mol. The highest BCUT2D eigenvalue weighted by atomic mass is 32.1. The topological polar surface area (TPSA) is 45.4 Å². The van der Waals surface area contributed by atoms with Gasteiger partial charge in [0, 0.05) is 17.7 Å². The van der Waals surface area contributed by atoms with Crippen LogP contribution in [0.15, 0.2) is 79.1 Å². The fraction of sp³-hybridized carbons (Fsp3) is 0.0909.